The molecule has 0 saturated carbocycles. The number of nitrogens with zero attached hydrogens (tertiary/aromatic N) is 1. The molecule has 2 amide bonds. The van der Waals surface area contributed by atoms with Crippen LogP contribution in [0.4, 0.5) is 4.79 Å². The molecule has 0 bridgehead atoms. The van der Waals surface area contributed by atoms with Crippen molar-refractivity contribution >= 4 is 6.03 Å². The van der Waals surface area contributed by atoms with Crippen LogP contribution in [0, 0.1) is 0 Å². The molecule has 3 rings (SSSR count). The number of benzene rings is 1. The lowest BCUT2D eigenvalue weighted by molar-refractivity contribution is -0.0135. The molecule has 5 nitrogen and oxygen atoms in total. The number of piperidine rings is 1. The first-order valence-corrected chi connectivity index (χ1v) is 8.08. The van der Waals surface area contributed by atoms with Gasteiger partial charge in [-0.1, -0.05) is 38.1 Å². The summed E-state index contributed by atoms with van der Waals surface area (Å²) in [5.41, 5.74) is 1.84. The van der Waals surface area contributed by atoms with E-state index in [1.807, 2.05) is 12.1 Å². The summed E-state index contributed by atoms with van der Waals surface area (Å²) < 4.78 is 0. The summed E-state index contributed by atoms with van der Waals surface area (Å²) in [6.07, 6.45) is 0.776. The second-order valence-corrected chi connectivity index (χ2v) is 6.73. The predicted octanol–water partition coefficient (Wildman–Crippen LogP) is 1.78. The summed E-state index contributed by atoms with van der Waals surface area (Å²) >= 11 is 0. The van der Waals surface area contributed by atoms with E-state index >= 15 is 0 Å². The fourth-order valence-electron chi connectivity index (χ4n) is 3.38. The molecule has 3 N–H and O–H groups in total. The minimum atomic E-state index is -0.758. The largest absolute Gasteiger partial charge is 0.371 e. The number of rotatable bonds is 3. The third-order valence-electron chi connectivity index (χ3n) is 4.90. The van der Waals surface area contributed by atoms with Crippen molar-refractivity contribution in [3.8, 4) is 0 Å². The van der Waals surface area contributed by atoms with Gasteiger partial charge in [0.2, 0.25) is 0 Å². The van der Waals surface area contributed by atoms with Gasteiger partial charge in [-0.3, -0.25) is 4.90 Å². The molecule has 2 heterocycles. The zero-order chi connectivity index (χ0) is 15.7. The van der Waals surface area contributed by atoms with Crippen LogP contribution in [0.3, 0.4) is 0 Å². The van der Waals surface area contributed by atoms with E-state index in [1.54, 1.807) is 4.90 Å². The van der Waals surface area contributed by atoms with Gasteiger partial charge in [-0.15, -0.1) is 0 Å². The van der Waals surface area contributed by atoms with Crippen molar-refractivity contribution in [2.45, 2.75) is 50.9 Å². The third-order valence-corrected chi connectivity index (χ3v) is 4.90. The van der Waals surface area contributed by atoms with Gasteiger partial charge < -0.3 is 15.7 Å². The average molecular weight is 303 g/mol. The number of hydrogen-bond donors (Lipinski definition) is 3. The van der Waals surface area contributed by atoms with Gasteiger partial charge in [-0.05, 0) is 43.0 Å². The monoisotopic (exact) mass is 303 g/mol. The van der Waals surface area contributed by atoms with Crippen LogP contribution in [0.2, 0.25) is 0 Å². The van der Waals surface area contributed by atoms with Crippen LogP contribution in [0.5, 0.6) is 0 Å². The van der Waals surface area contributed by atoms with E-state index in [0.29, 0.717) is 12.5 Å². The fourth-order valence-corrected chi connectivity index (χ4v) is 3.38. The van der Waals surface area contributed by atoms with E-state index in [0.717, 1.165) is 31.5 Å². The lowest BCUT2D eigenvalue weighted by atomic mass is 9.87. The van der Waals surface area contributed by atoms with E-state index in [4.69, 9.17) is 0 Å². The quantitative estimate of drug-likeness (QED) is 0.797. The molecule has 2 aliphatic rings. The number of aliphatic hydroxyl groups is 1. The van der Waals surface area contributed by atoms with Crippen LogP contribution < -0.4 is 10.6 Å². The Morgan fingerprint density at radius 1 is 1.27 bits per heavy atom. The molecule has 22 heavy (non-hydrogen) atoms. The first-order valence-electron chi connectivity index (χ1n) is 8.08. The molecule has 1 atom stereocenters. The normalized spacial score (nSPS) is 24.1. The van der Waals surface area contributed by atoms with E-state index in [-0.39, 0.29) is 6.03 Å². The van der Waals surface area contributed by atoms with Gasteiger partial charge >= 0.3 is 6.03 Å². The molecule has 0 radical (unpaired) electrons. The Labute approximate surface area is 131 Å². The molecule has 120 valence electrons. The van der Waals surface area contributed by atoms with Crippen molar-refractivity contribution in [1.82, 2.24) is 15.5 Å². The topological polar surface area (TPSA) is 64.6 Å². The average Bonchev–Trinajstić information content (AvgIpc) is 2.73. The molecule has 1 aromatic carbocycles. The maximum atomic E-state index is 12.3. The Morgan fingerprint density at radius 2 is 1.91 bits per heavy atom. The zero-order valence-electron chi connectivity index (χ0n) is 13.3. The lowest BCUT2D eigenvalue weighted by Crippen LogP contribution is -2.56. The fraction of sp³-hybridized carbons (Fsp3) is 0.588. The molecule has 1 unspecified atom stereocenters. The van der Waals surface area contributed by atoms with Crippen LogP contribution in [0.25, 0.3) is 0 Å². The van der Waals surface area contributed by atoms with Crippen LogP contribution >= 0.6 is 0 Å². The summed E-state index contributed by atoms with van der Waals surface area (Å²) in [4.78, 5) is 13.8. The number of hydrogen-bond acceptors (Lipinski definition) is 3. The molecule has 0 aromatic heterocycles. The first kappa shape index (κ1) is 15.3. The van der Waals surface area contributed by atoms with E-state index in [1.165, 1.54) is 5.56 Å². The minimum Gasteiger partial charge on any atom is -0.371 e. The lowest BCUT2D eigenvalue weighted by Gasteiger charge is -2.36. The highest BCUT2D eigenvalue weighted by atomic mass is 16.3. The van der Waals surface area contributed by atoms with Gasteiger partial charge in [-0.2, -0.15) is 0 Å². The minimum absolute atomic E-state index is 0.165. The van der Waals surface area contributed by atoms with Crippen molar-refractivity contribution in [3.63, 3.8) is 0 Å². The Hall–Kier alpha value is -1.59. The molecule has 2 fully saturated rings. The number of amides is 2. The summed E-state index contributed by atoms with van der Waals surface area (Å²) in [5, 5.41) is 16.9. The number of urea groups is 1. The van der Waals surface area contributed by atoms with Crippen molar-refractivity contribution in [2.24, 2.45) is 0 Å². The highest BCUT2D eigenvalue weighted by molar-refractivity contribution is 5.78. The van der Waals surface area contributed by atoms with Gasteiger partial charge in [0.05, 0.1) is 12.1 Å². The Bertz CT molecular complexity index is 535. The van der Waals surface area contributed by atoms with Crippen LogP contribution in [-0.2, 0) is 6.54 Å². The van der Waals surface area contributed by atoms with Crippen molar-refractivity contribution < 1.29 is 9.90 Å². The number of nitrogens with one attached hydrogen (secondary N) is 2. The number of carbonyl (C=O) groups excluding carboxylic acids is 1. The van der Waals surface area contributed by atoms with Gasteiger partial charge in [0, 0.05) is 0 Å². The van der Waals surface area contributed by atoms with Crippen molar-refractivity contribution in [2.75, 3.05) is 13.1 Å². The maximum Gasteiger partial charge on any atom is 0.320 e. The highest BCUT2D eigenvalue weighted by Crippen LogP contribution is 2.31. The van der Waals surface area contributed by atoms with Gasteiger partial charge in [0.25, 0.3) is 0 Å². The molecule has 2 saturated heterocycles. The smallest absolute Gasteiger partial charge is 0.320 e. The molecular weight excluding hydrogens is 278 g/mol. The molecule has 1 aromatic rings. The predicted molar refractivity (Wildman–Crippen MR) is 85.4 cm³/mol. The van der Waals surface area contributed by atoms with E-state index < -0.39 is 11.8 Å². The maximum absolute atomic E-state index is 12.3. The second kappa shape index (κ2) is 5.89. The van der Waals surface area contributed by atoms with Gasteiger partial charge in [-0.25, -0.2) is 4.79 Å². The number of aliphatic hydroxyl groups excluding tert-OH is 1. The Morgan fingerprint density at radius 3 is 2.50 bits per heavy atom. The molecule has 2 aliphatic heterocycles. The zero-order valence-corrected chi connectivity index (χ0v) is 13.3. The standard InChI is InChI=1S/C17H25N3O2/c1-12(2)14-5-3-13(4-6-14)11-20-15(21)17(19-16(20)22)7-9-18-10-8-17/h3-6,12,15,18,21H,7-11H2,1-2H3,(H,19,22). The number of carbonyl (C=O) groups is 1. The summed E-state index contributed by atoms with van der Waals surface area (Å²) in [6.45, 7) is 6.42. The van der Waals surface area contributed by atoms with Crippen molar-refractivity contribution in [1.29, 1.82) is 0 Å². The van der Waals surface area contributed by atoms with Crippen molar-refractivity contribution in [3.05, 3.63) is 35.4 Å². The molecule has 5 heteroatoms. The van der Waals surface area contributed by atoms with Crippen LogP contribution in [0.15, 0.2) is 24.3 Å². The summed E-state index contributed by atoms with van der Waals surface area (Å²) in [7, 11) is 0. The van der Waals surface area contributed by atoms with Crippen LogP contribution in [0.1, 0.15) is 43.7 Å². The second-order valence-electron chi connectivity index (χ2n) is 6.73. The third kappa shape index (κ3) is 2.71. The first-order chi connectivity index (χ1) is 10.5. The highest BCUT2D eigenvalue weighted by Gasteiger charge is 2.50. The Balaban J connectivity index is 1.73. The molecular formula is C17H25N3O2. The van der Waals surface area contributed by atoms with Gasteiger partial charge in [0.1, 0.15) is 0 Å². The molecule has 1 spiro atoms. The molecule has 0 aliphatic carbocycles. The van der Waals surface area contributed by atoms with E-state index in [9.17, 15) is 9.90 Å². The summed E-state index contributed by atoms with van der Waals surface area (Å²) in [6, 6.07) is 8.12. The Kier molecular flexibility index (Phi) is 4.10. The van der Waals surface area contributed by atoms with Crippen LogP contribution in [-0.4, -0.2) is 40.9 Å². The van der Waals surface area contributed by atoms with Gasteiger partial charge in [0.15, 0.2) is 6.23 Å². The summed E-state index contributed by atoms with van der Waals surface area (Å²) in [5.74, 6) is 0.493. The SMILES string of the molecule is CC(C)c1ccc(CN2C(=O)NC3(CCNCC3)C2O)cc1. The van der Waals surface area contributed by atoms with E-state index in [2.05, 4.69) is 36.6 Å².